The van der Waals surface area contributed by atoms with Gasteiger partial charge in [-0.3, -0.25) is 4.79 Å². The average molecular weight is 833 g/mol. The maximum absolute atomic E-state index is 14.5. The molecular formula is C46H80O9Si2. The molecule has 1 N–H and O–H groups in total. The summed E-state index contributed by atoms with van der Waals surface area (Å²) in [5.74, 6) is 0.517. The van der Waals surface area contributed by atoms with Crippen LogP contribution in [0, 0.1) is 23.7 Å². The number of carbonyl (C=O) groups excluding carboxylic acids is 1. The first-order valence-electron chi connectivity index (χ1n) is 20.8. The first kappa shape index (κ1) is 51.0. The Morgan fingerprint density at radius 1 is 0.649 bits per heavy atom. The van der Waals surface area contributed by atoms with Gasteiger partial charge in [0.05, 0.1) is 58.5 Å². The van der Waals surface area contributed by atoms with Crippen LogP contribution in [0.25, 0.3) is 0 Å². The number of ether oxygens (including phenoxy) is 5. The van der Waals surface area contributed by atoms with Gasteiger partial charge in [-0.25, -0.2) is 0 Å². The van der Waals surface area contributed by atoms with Crippen molar-refractivity contribution < 1.29 is 42.4 Å². The average Bonchev–Trinajstić information content (AvgIpc) is 3.13. The summed E-state index contributed by atoms with van der Waals surface area (Å²) < 4.78 is 44.2. The van der Waals surface area contributed by atoms with Crippen LogP contribution in [-0.2, 0) is 41.1 Å². The van der Waals surface area contributed by atoms with Gasteiger partial charge in [0.15, 0.2) is 16.6 Å². The molecule has 0 fully saturated rings. The van der Waals surface area contributed by atoms with Gasteiger partial charge in [-0.05, 0) is 77.6 Å². The second kappa shape index (κ2) is 22.0. The SMILES string of the molecule is COc1ccc(CO[C@H]([C@@H](C)[C@@H](O[Si](C)(C)C(C)(C)C)[C@H](C)C(=O)C[C@@H](O)[C@H](C)[C@H](OCc2ccc(OC)cc2)C(C)C)[C@H](CO[Si](C)(C)C(C)(C)C)OC)cc1. The van der Waals surface area contributed by atoms with E-state index in [0.717, 1.165) is 22.6 Å². The largest absolute Gasteiger partial charge is 0.497 e. The number of Topliss-reactive ketones (excluding diaryl/α,β-unsaturated/α-hetero) is 1. The first-order valence-corrected chi connectivity index (χ1v) is 26.7. The monoisotopic (exact) mass is 833 g/mol. The van der Waals surface area contributed by atoms with Crippen LogP contribution in [0.3, 0.4) is 0 Å². The smallest absolute Gasteiger partial charge is 0.192 e. The predicted octanol–water partition coefficient (Wildman–Crippen LogP) is 10.5. The van der Waals surface area contributed by atoms with Crippen LogP contribution < -0.4 is 9.47 Å². The summed E-state index contributed by atoms with van der Waals surface area (Å²) in [5, 5.41) is 11.6. The number of methoxy groups -OCH3 is 3. The van der Waals surface area contributed by atoms with Gasteiger partial charge in [-0.15, -0.1) is 0 Å². The fourth-order valence-electron chi connectivity index (χ4n) is 6.53. The van der Waals surface area contributed by atoms with Crippen molar-refractivity contribution in [3.63, 3.8) is 0 Å². The molecule has 2 aromatic rings. The highest BCUT2D eigenvalue weighted by molar-refractivity contribution is 6.74. The van der Waals surface area contributed by atoms with E-state index in [0.29, 0.717) is 19.8 Å². The Kier molecular flexibility index (Phi) is 19.7. The molecule has 11 heteroatoms. The van der Waals surface area contributed by atoms with Crippen LogP contribution in [0.1, 0.15) is 93.7 Å². The van der Waals surface area contributed by atoms with Crippen molar-refractivity contribution in [2.45, 2.75) is 163 Å². The van der Waals surface area contributed by atoms with E-state index in [2.05, 4.69) is 88.5 Å². The van der Waals surface area contributed by atoms with Crippen molar-refractivity contribution in [3.8, 4) is 11.5 Å². The van der Waals surface area contributed by atoms with Gasteiger partial charge in [0.25, 0.3) is 0 Å². The van der Waals surface area contributed by atoms with Crippen LogP contribution in [-0.4, -0.2) is 86.0 Å². The number of rotatable bonds is 24. The molecule has 0 saturated carbocycles. The number of benzene rings is 2. The van der Waals surface area contributed by atoms with E-state index in [9.17, 15) is 9.90 Å². The Hall–Kier alpha value is -2.10. The van der Waals surface area contributed by atoms with Gasteiger partial charge in [-0.2, -0.15) is 0 Å². The second-order valence-electron chi connectivity index (χ2n) is 19.4. The maximum atomic E-state index is 14.5. The molecule has 9 nitrogen and oxygen atoms in total. The third-order valence-corrected chi connectivity index (χ3v) is 21.7. The standard InChI is InChI=1S/C46H80O9Si2/c1-31(2)42(52-28-35-19-23-37(49-12)24-20-35)32(3)39(47)27-40(48)33(4)43(55-57(17,18)46(9,10)11)34(5)44(53-29-36-21-25-38(50-13)26-22-36)41(51-14)30-54-56(15,16)45(6,7)8/h19-26,31-34,39,41-44,47H,27-30H2,1-18H3/t32-,33+,34-,39+,41-,42+,43-,44+/m0/s1. The summed E-state index contributed by atoms with van der Waals surface area (Å²) in [7, 11) is 0.439. The van der Waals surface area contributed by atoms with Crippen molar-refractivity contribution in [2.75, 3.05) is 27.9 Å². The fraction of sp³-hybridized carbons (Fsp3) is 0.717. The molecule has 2 aromatic carbocycles. The summed E-state index contributed by atoms with van der Waals surface area (Å²) >= 11 is 0. The van der Waals surface area contributed by atoms with Gasteiger partial charge in [-0.1, -0.05) is 100 Å². The van der Waals surface area contributed by atoms with Crippen molar-refractivity contribution in [2.24, 2.45) is 23.7 Å². The Morgan fingerprint density at radius 3 is 1.47 bits per heavy atom. The minimum absolute atomic E-state index is 0.0124. The lowest BCUT2D eigenvalue weighted by Crippen LogP contribution is -2.54. The molecule has 0 unspecified atom stereocenters. The highest BCUT2D eigenvalue weighted by Gasteiger charge is 2.47. The van der Waals surface area contributed by atoms with E-state index in [4.69, 9.17) is 32.5 Å². The van der Waals surface area contributed by atoms with Gasteiger partial charge < -0.3 is 37.6 Å². The Balaban J connectivity index is 2.47. The van der Waals surface area contributed by atoms with Crippen LogP contribution >= 0.6 is 0 Å². The zero-order chi connectivity index (χ0) is 43.5. The fourth-order valence-corrected chi connectivity index (χ4v) is 9.00. The van der Waals surface area contributed by atoms with Crippen LogP contribution in [0.15, 0.2) is 48.5 Å². The molecule has 0 aliphatic heterocycles. The normalized spacial score (nSPS) is 17.3. The summed E-state index contributed by atoms with van der Waals surface area (Å²) in [6.45, 7) is 33.5. The summed E-state index contributed by atoms with van der Waals surface area (Å²) in [5.41, 5.74) is 2.01. The van der Waals surface area contributed by atoms with E-state index in [1.54, 1.807) is 21.3 Å². The maximum Gasteiger partial charge on any atom is 0.192 e. The molecule has 8 atom stereocenters. The molecular weight excluding hydrogens is 753 g/mol. The molecule has 326 valence electrons. The summed E-state index contributed by atoms with van der Waals surface area (Å²) in [6, 6.07) is 15.6. The van der Waals surface area contributed by atoms with Gasteiger partial charge in [0.1, 0.15) is 23.4 Å². The molecule has 0 bridgehead atoms. The predicted molar refractivity (Wildman–Crippen MR) is 237 cm³/mol. The zero-order valence-corrected chi connectivity index (χ0v) is 40.9. The number of ketones is 1. The number of hydrogen-bond donors (Lipinski definition) is 1. The van der Waals surface area contributed by atoms with Crippen LogP contribution in [0.5, 0.6) is 11.5 Å². The molecule has 2 rings (SSSR count). The topological polar surface area (TPSA) is 102 Å². The van der Waals surface area contributed by atoms with Crippen molar-refractivity contribution >= 4 is 22.4 Å². The molecule has 0 amide bonds. The number of carbonyl (C=O) groups is 1. The molecule has 0 radical (unpaired) electrons. The lowest BCUT2D eigenvalue weighted by Gasteiger charge is -2.45. The summed E-state index contributed by atoms with van der Waals surface area (Å²) in [6.07, 6.45) is -2.60. The molecule has 0 aliphatic rings. The molecule has 0 spiro atoms. The van der Waals surface area contributed by atoms with E-state index >= 15 is 0 Å². The summed E-state index contributed by atoms with van der Waals surface area (Å²) in [4.78, 5) is 14.5. The van der Waals surface area contributed by atoms with E-state index in [1.807, 2.05) is 62.4 Å². The Morgan fingerprint density at radius 2 is 1.09 bits per heavy atom. The molecule has 0 aromatic heterocycles. The quantitative estimate of drug-likeness (QED) is 0.104. The number of aliphatic hydroxyl groups is 1. The van der Waals surface area contributed by atoms with E-state index in [1.165, 1.54) is 0 Å². The lowest BCUT2D eigenvalue weighted by molar-refractivity contribution is -0.141. The van der Waals surface area contributed by atoms with Crippen molar-refractivity contribution in [1.82, 2.24) is 0 Å². The highest BCUT2D eigenvalue weighted by Crippen LogP contribution is 2.41. The van der Waals surface area contributed by atoms with Crippen LogP contribution in [0.4, 0.5) is 0 Å². The van der Waals surface area contributed by atoms with Gasteiger partial charge in [0, 0.05) is 31.3 Å². The molecule has 0 heterocycles. The minimum atomic E-state index is -2.42. The van der Waals surface area contributed by atoms with E-state index < -0.39 is 47.0 Å². The first-order chi connectivity index (χ1) is 26.3. The van der Waals surface area contributed by atoms with E-state index in [-0.39, 0.29) is 46.1 Å². The second-order valence-corrected chi connectivity index (χ2v) is 29.0. The Labute approximate surface area is 349 Å². The van der Waals surface area contributed by atoms with Gasteiger partial charge in [0.2, 0.25) is 0 Å². The van der Waals surface area contributed by atoms with Crippen molar-refractivity contribution in [1.29, 1.82) is 0 Å². The Bertz CT molecular complexity index is 1460. The van der Waals surface area contributed by atoms with Crippen molar-refractivity contribution in [3.05, 3.63) is 59.7 Å². The van der Waals surface area contributed by atoms with Crippen LogP contribution in [0.2, 0.25) is 36.3 Å². The zero-order valence-electron chi connectivity index (χ0n) is 38.9. The highest BCUT2D eigenvalue weighted by atomic mass is 28.4. The number of hydrogen-bond acceptors (Lipinski definition) is 9. The third-order valence-electron chi connectivity index (χ3n) is 12.8. The number of aliphatic hydroxyl groups excluding tert-OH is 1. The third kappa shape index (κ3) is 14.8. The van der Waals surface area contributed by atoms with Gasteiger partial charge >= 0.3 is 0 Å². The molecule has 57 heavy (non-hydrogen) atoms. The molecule has 0 saturated heterocycles. The minimum Gasteiger partial charge on any atom is -0.497 e. The molecule has 0 aliphatic carbocycles. The lowest BCUT2D eigenvalue weighted by atomic mass is 9.81.